The van der Waals surface area contributed by atoms with Crippen LogP contribution in [0.5, 0.6) is 0 Å². The molecule has 3 atom stereocenters. The van der Waals surface area contributed by atoms with Crippen LogP contribution in [0.3, 0.4) is 0 Å². The fourth-order valence-corrected chi connectivity index (χ4v) is 4.41. The number of nitrogens with one attached hydrogen (secondary N) is 2. The van der Waals surface area contributed by atoms with Gasteiger partial charge in [0.15, 0.2) is 0 Å². The molecule has 3 aromatic rings. The van der Waals surface area contributed by atoms with E-state index in [1.165, 1.54) is 18.2 Å². The first-order valence-corrected chi connectivity index (χ1v) is 11.6. The Morgan fingerprint density at radius 1 is 0.946 bits per heavy atom. The molecule has 2 aromatic carbocycles. The van der Waals surface area contributed by atoms with Crippen molar-refractivity contribution in [2.75, 3.05) is 5.32 Å². The van der Waals surface area contributed by atoms with E-state index in [0.29, 0.717) is 11.3 Å². The van der Waals surface area contributed by atoms with E-state index in [-0.39, 0.29) is 17.6 Å². The molecule has 0 saturated carbocycles. The third-order valence-electron chi connectivity index (χ3n) is 6.30. The molecule has 198 valence electrons. The van der Waals surface area contributed by atoms with Crippen molar-refractivity contribution >= 4 is 11.6 Å². The standard InChI is InChI=1S/C26H26F6N4O/c1-24(2,3)36-11-10-20(35-36)19-14-21(23(37)33-18-9-5-8-17(13-18)26(30,31)32)34-22(19)15-6-4-7-16(12-15)25(27,28)29/h4-13,19,21-22,34H,14H2,1-3H3,(H,33,37)/t19-,21-,22-/m0/s1. The first-order valence-electron chi connectivity index (χ1n) is 11.6. The Bertz CT molecular complexity index is 1270. The minimum Gasteiger partial charge on any atom is -0.325 e. The van der Waals surface area contributed by atoms with E-state index in [0.717, 1.165) is 24.3 Å². The van der Waals surface area contributed by atoms with Crippen LogP contribution in [0.1, 0.15) is 61.5 Å². The Morgan fingerprint density at radius 3 is 2.16 bits per heavy atom. The molecule has 0 aliphatic carbocycles. The van der Waals surface area contributed by atoms with Gasteiger partial charge in [-0.05, 0) is 69.2 Å². The van der Waals surface area contributed by atoms with Gasteiger partial charge in [-0.3, -0.25) is 14.8 Å². The van der Waals surface area contributed by atoms with Gasteiger partial charge >= 0.3 is 12.4 Å². The van der Waals surface area contributed by atoms with Crippen LogP contribution in [0.4, 0.5) is 32.0 Å². The molecule has 2 N–H and O–H groups in total. The summed E-state index contributed by atoms with van der Waals surface area (Å²) in [6, 6.07) is 9.34. The number of hydrogen-bond donors (Lipinski definition) is 2. The number of carbonyl (C=O) groups excluding carboxylic acids is 1. The monoisotopic (exact) mass is 524 g/mol. The van der Waals surface area contributed by atoms with Crippen LogP contribution in [0.25, 0.3) is 0 Å². The van der Waals surface area contributed by atoms with Crippen molar-refractivity contribution in [3.8, 4) is 0 Å². The number of benzene rings is 2. The van der Waals surface area contributed by atoms with E-state index in [9.17, 15) is 31.1 Å². The first kappa shape index (κ1) is 26.7. The lowest BCUT2D eigenvalue weighted by molar-refractivity contribution is -0.138. The lowest BCUT2D eigenvalue weighted by Gasteiger charge is -2.21. The number of rotatable bonds is 4. The van der Waals surface area contributed by atoms with E-state index >= 15 is 0 Å². The van der Waals surface area contributed by atoms with E-state index in [1.807, 2.05) is 20.8 Å². The van der Waals surface area contributed by atoms with E-state index in [2.05, 4.69) is 15.7 Å². The summed E-state index contributed by atoms with van der Waals surface area (Å²) in [5, 5.41) is 10.2. The van der Waals surface area contributed by atoms with Crippen molar-refractivity contribution in [2.45, 2.75) is 63.1 Å². The molecule has 5 nitrogen and oxygen atoms in total. The second-order valence-corrected chi connectivity index (χ2v) is 10.1. The molecule has 2 heterocycles. The van der Waals surface area contributed by atoms with Gasteiger partial charge in [-0.2, -0.15) is 31.4 Å². The topological polar surface area (TPSA) is 59.0 Å². The summed E-state index contributed by atoms with van der Waals surface area (Å²) in [7, 11) is 0. The number of amides is 1. The molecular weight excluding hydrogens is 498 g/mol. The average molecular weight is 525 g/mol. The summed E-state index contributed by atoms with van der Waals surface area (Å²) >= 11 is 0. The van der Waals surface area contributed by atoms with Gasteiger partial charge in [0.1, 0.15) is 0 Å². The normalized spacial score (nSPS) is 20.7. The van der Waals surface area contributed by atoms with Crippen molar-refractivity contribution in [3.63, 3.8) is 0 Å². The highest BCUT2D eigenvalue weighted by Gasteiger charge is 2.41. The molecule has 1 amide bonds. The highest BCUT2D eigenvalue weighted by Crippen LogP contribution is 2.42. The summed E-state index contributed by atoms with van der Waals surface area (Å²) in [5.41, 5.74) is -1.16. The van der Waals surface area contributed by atoms with Gasteiger partial charge in [0.2, 0.25) is 5.91 Å². The van der Waals surface area contributed by atoms with E-state index in [4.69, 9.17) is 0 Å². The zero-order chi connectivity index (χ0) is 27.2. The van der Waals surface area contributed by atoms with Crippen LogP contribution in [0.15, 0.2) is 60.8 Å². The zero-order valence-electron chi connectivity index (χ0n) is 20.3. The van der Waals surface area contributed by atoms with E-state index < -0.39 is 47.4 Å². The number of anilines is 1. The largest absolute Gasteiger partial charge is 0.416 e. The first-order chi connectivity index (χ1) is 17.1. The number of aromatic nitrogens is 2. The van der Waals surface area contributed by atoms with Crippen LogP contribution in [0.2, 0.25) is 0 Å². The quantitative estimate of drug-likeness (QED) is 0.383. The molecule has 1 aromatic heterocycles. The fourth-order valence-electron chi connectivity index (χ4n) is 4.41. The predicted molar refractivity (Wildman–Crippen MR) is 126 cm³/mol. The van der Waals surface area contributed by atoms with Gasteiger partial charge in [-0.25, -0.2) is 0 Å². The predicted octanol–water partition coefficient (Wildman–Crippen LogP) is 6.50. The van der Waals surface area contributed by atoms with Crippen molar-refractivity contribution in [2.24, 2.45) is 0 Å². The highest BCUT2D eigenvalue weighted by molar-refractivity contribution is 5.95. The molecule has 1 fully saturated rings. The van der Waals surface area contributed by atoms with Crippen LogP contribution >= 0.6 is 0 Å². The lowest BCUT2D eigenvalue weighted by Crippen LogP contribution is -2.36. The molecule has 0 unspecified atom stereocenters. The minimum absolute atomic E-state index is 0.0299. The van der Waals surface area contributed by atoms with Crippen molar-refractivity contribution in [1.29, 1.82) is 0 Å². The third-order valence-corrected chi connectivity index (χ3v) is 6.30. The number of alkyl halides is 6. The van der Waals surface area contributed by atoms with Gasteiger partial charge in [-0.1, -0.05) is 18.2 Å². The Labute approximate surface area is 209 Å². The minimum atomic E-state index is -4.57. The Hall–Kier alpha value is -3.34. The Morgan fingerprint density at radius 2 is 1.57 bits per heavy atom. The summed E-state index contributed by atoms with van der Waals surface area (Å²) in [5.74, 6) is -1.04. The van der Waals surface area contributed by atoms with Gasteiger partial charge in [0.25, 0.3) is 0 Å². The summed E-state index contributed by atoms with van der Waals surface area (Å²) in [6.45, 7) is 5.85. The molecular formula is C26H26F6N4O. The molecule has 1 aliphatic rings. The smallest absolute Gasteiger partial charge is 0.325 e. The molecule has 0 spiro atoms. The molecule has 1 aliphatic heterocycles. The van der Waals surface area contributed by atoms with Gasteiger partial charge in [-0.15, -0.1) is 0 Å². The molecule has 0 radical (unpaired) electrons. The number of halogens is 6. The molecule has 4 rings (SSSR count). The summed E-state index contributed by atoms with van der Waals surface area (Å²) in [4.78, 5) is 13.1. The molecule has 11 heteroatoms. The Balaban J connectivity index is 1.64. The SMILES string of the molecule is CC(C)(C)n1ccc([C@@H]2C[C@@H](C(=O)Nc3cccc(C(F)(F)F)c3)N[C@H]2c2cccc(C(F)(F)F)c2)n1. The van der Waals surface area contributed by atoms with Crippen LogP contribution < -0.4 is 10.6 Å². The molecule has 1 saturated heterocycles. The van der Waals surface area contributed by atoms with Crippen molar-refractivity contribution in [3.05, 3.63) is 83.2 Å². The summed E-state index contributed by atoms with van der Waals surface area (Å²) < 4.78 is 81.1. The summed E-state index contributed by atoms with van der Waals surface area (Å²) in [6.07, 6.45) is -7.16. The maximum atomic E-state index is 13.4. The fraction of sp³-hybridized carbons (Fsp3) is 0.385. The van der Waals surface area contributed by atoms with Gasteiger partial charge < -0.3 is 5.32 Å². The maximum absolute atomic E-state index is 13.4. The van der Waals surface area contributed by atoms with Gasteiger partial charge in [0.05, 0.1) is 28.4 Å². The average Bonchev–Trinajstić information content (AvgIpc) is 3.46. The van der Waals surface area contributed by atoms with Crippen molar-refractivity contribution < 1.29 is 31.1 Å². The second kappa shape index (κ2) is 9.51. The Kier molecular flexibility index (Phi) is 6.87. The molecule has 37 heavy (non-hydrogen) atoms. The number of nitrogens with zero attached hydrogens (tertiary/aromatic N) is 2. The van der Waals surface area contributed by atoms with Gasteiger partial charge in [0, 0.05) is 23.8 Å². The second-order valence-electron chi connectivity index (χ2n) is 10.1. The van der Waals surface area contributed by atoms with Crippen LogP contribution in [0, 0.1) is 0 Å². The third kappa shape index (κ3) is 5.98. The lowest BCUT2D eigenvalue weighted by atomic mass is 9.90. The number of hydrogen-bond acceptors (Lipinski definition) is 3. The zero-order valence-corrected chi connectivity index (χ0v) is 20.3. The van der Waals surface area contributed by atoms with Crippen LogP contribution in [-0.2, 0) is 22.7 Å². The maximum Gasteiger partial charge on any atom is 0.416 e. The number of carbonyl (C=O) groups is 1. The highest BCUT2D eigenvalue weighted by atomic mass is 19.4. The van der Waals surface area contributed by atoms with Crippen molar-refractivity contribution in [1.82, 2.24) is 15.1 Å². The van der Waals surface area contributed by atoms with Crippen LogP contribution in [-0.4, -0.2) is 21.7 Å². The van der Waals surface area contributed by atoms with E-state index in [1.54, 1.807) is 23.0 Å². The molecule has 0 bridgehead atoms.